The molecule has 0 aromatic carbocycles. The fourth-order valence-electron chi connectivity index (χ4n) is 1.13. The van der Waals surface area contributed by atoms with E-state index >= 15 is 0 Å². The maximum atomic E-state index is 10.5. The van der Waals surface area contributed by atoms with E-state index in [4.69, 9.17) is 0 Å². The molecule has 0 saturated carbocycles. The van der Waals surface area contributed by atoms with E-state index < -0.39 is 0 Å². The fraction of sp³-hybridized carbons (Fsp3) is 0.818. The Morgan fingerprint density at radius 2 is 1.35 bits per heavy atom. The van der Waals surface area contributed by atoms with Gasteiger partial charge in [-0.25, -0.2) is 9.59 Å². The van der Waals surface area contributed by atoms with Crippen LogP contribution in [-0.2, 0) is 9.47 Å². The van der Waals surface area contributed by atoms with E-state index in [0.717, 1.165) is 19.5 Å². The third-order valence-electron chi connectivity index (χ3n) is 2.14. The van der Waals surface area contributed by atoms with Gasteiger partial charge in [-0.2, -0.15) is 0 Å². The van der Waals surface area contributed by atoms with Crippen LogP contribution < -0.4 is 0 Å². The number of carbonyl (C=O) groups is 2. The number of ether oxygens (including phenoxy) is 2. The van der Waals surface area contributed by atoms with Crippen molar-refractivity contribution in [3.05, 3.63) is 0 Å². The van der Waals surface area contributed by atoms with Crippen molar-refractivity contribution in [2.24, 2.45) is 0 Å². The number of hydrogen-bond acceptors (Lipinski definition) is 4. The van der Waals surface area contributed by atoms with Gasteiger partial charge in [0.2, 0.25) is 0 Å². The summed E-state index contributed by atoms with van der Waals surface area (Å²) in [5.41, 5.74) is 0. The molecule has 102 valence electrons. The lowest BCUT2D eigenvalue weighted by Gasteiger charge is -2.21. The van der Waals surface area contributed by atoms with Gasteiger partial charge in [0.25, 0.3) is 0 Å². The van der Waals surface area contributed by atoms with Crippen LogP contribution in [0, 0.1) is 0 Å². The molecular formula is C11H24N2O4. The molecule has 0 aromatic heterocycles. The number of cyclic esters (lactones) is 2. The summed E-state index contributed by atoms with van der Waals surface area (Å²) in [6.45, 7) is 2.70. The summed E-state index contributed by atoms with van der Waals surface area (Å²) >= 11 is 0. The summed E-state index contributed by atoms with van der Waals surface area (Å²) in [5.74, 6) is 0. The Labute approximate surface area is 103 Å². The number of hydrogen-bond donors (Lipinski definition) is 0. The normalized spacial score (nSPS) is 18.0. The Balaban J connectivity index is 0. The second-order valence-corrected chi connectivity index (χ2v) is 3.43. The lowest BCUT2D eigenvalue weighted by Crippen LogP contribution is -2.33. The molecule has 2 fully saturated rings. The average Bonchev–Trinajstić information content (AvgIpc) is 2.57. The maximum Gasteiger partial charge on any atom is 0.409 e. The molecule has 0 aliphatic carbocycles. The van der Waals surface area contributed by atoms with Crippen LogP contribution in [0.15, 0.2) is 0 Å². The third-order valence-corrected chi connectivity index (χ3v) is 2.14. The van der Waals surface area contributed by atoms with Gasteiger partial charge in [0, 0.05) is 20.6 Å². The van der Waals surface area contributed by atoms with Gasteiger partial charge in [-0.05, 0) is 6.42 Å². The molecule has 0 radical (unpaired) electrons. The van der Waals surface area contributed by atoms with Crippen LogP contribution in [0.4, 0.5) is 9.59 Å². The van der Waals surface area contributed by atoms with Crippen LogP contribution in [0.1, 0.15) is 21.3 Å². The summed E-state index contributed by atoms with van der Waals surface area (Å²) in [6, 6.07) is 0. The van der Waals surface area contributed by atoms with Crippen molar-refractivity contribution in [1.82, 2.24) is 9.80 Å². The van der Waals surface area contributed by atoms with Crippen LogP contribution >= 0.6 is 0 Å². The zero-order valence-corrected chi connectivity index (χ0v) is 9.06. The molecule has 2 aliphatic heterocycles. The van der Waals surface area contributed by atoms with E-state index in [1.54, 1.807) is 23.9 Å². The molecule has 2 amide bonds. The number of nitrogens with zero attached hydrogens (tertiary/aromatic N) is 2. The van der Waals surface area contributed by atoms with E-state index in [1.165, 1.54) is 0 Å². The van der Waals surface area contributed by atoms with Crippen LogP contribution in [0.2, 0.25) is 0 Å². The third kappa shape index (κ3) is 5.99. The van der Waals surface area contributed by atoms with Crippen molar-refractivity contribution < 1.29 is 19.1 Å². The number of amides is 2. The molecule has 0 bridgehead atoms. The predicted octanol–water partition coefficient (Wildman–Crippen LogP) is 1.80. The molecule has 0 unspecified atom stereocenters. The largest absolute Gasteiger partial charge is 0.449 e. The average molecular weight is 248 g/mol. The Morgan fingerprint density at radius 1 is 0.882 bits per heavy atom. The van der Waals surface area contributed by atoms with E-state index in [9.17, 15) is 9.59 Å². The second-order valence-electron chi connectivity index (χ2n) is 3.43. The van der Waals surface area contributed by atoms with Gasteiger partial charge < -0.3 is 19.3 Å². The standard InChI is InChI=1S/C5H9NO2.C4H7NO2.2CH4/c1-6-3-2-4-8-5(6)7;1-5-2-3-7-4(5)6;;/h2-4H2,1H3;2-3H2,1H3;2*1H4. The van der Waals surface area contributed by atoms with Gasteiger partial charge in [0.15, 0.2) is 0 Å². The second kappa shape index (κ2) is 8.66. The quantitative estimate of drug-likeness (QED) is 0.656. The minimum Gasteiger partial charge on any atom is -0.449 e. The SMILES string of the molecule is C.C.CN1CCCOC1=O.CN1CCOC1=O. The highest BCUT2D eigenvalue weighted by Crippen LogP contribution is 1.99. The lowest BCUT2D eigenvalue weighted by molar-refractivity contribution is 0.0831. The van der Waals surface area contributed by atoms with E-state index in [0.29, 0.717) is 13.2 Å². The minimum absolute atomic E-state index is 0. The van der Waals surface area contributed by atoms with Gasteiger partial charge in [-0.1, -0.05) is 14.9 Å². The molecule has 6 heteroatoms. The fourth-order valence-corrected chi connectivity index (χ4v) is 1.13. The molecule has 2 saturated heterocycles. The van der Waals surface area contributed by atoms with E-state index in [1.807, 2.05) is 0 Å². The van der Waals surface area contributed by atoms with Crippen molar-refractivity contribution in [2.45, 2.75) is 21.3 Å². The highest BCUT2D eigenvalue weighted by Gasteiger charge is 2.15. The van der Waals surface area contributed by atoms with E-state index in [-0.39, 0.29) is 27.0 Å². The molecule has 2 heterocycles. The summed E-state index contributed by atoms with van der Waals surface area (Å²) in [5, 5.41) is 0. The highest BCUT2D eigenvalue weighted by atomic mass is 16.6. The number of carbonyl (C=O) groups excluding carboxylic acids is 2. The zero-order valence-electron chi connectivity index (χ0n) is 9.06. The maximum absolute atomic E-state index is 10.5. The summed E-state index contributed by atoms with van der Waals surface area (Å²) in [6.07, 6.45) is 0.554. The van der Waals surface area contributed by atoms with Gasteiger partial charge in [-0.3, -0.25) is 0 Å². The minimum atomic E-state index is -0.208. The Kier molecular flexibility index (Phi) is 9.13. The van der Waals surface area contributed by atoms with Crippen molar-refractivity contribution in [3.8, 4) is 0 Å². The van der Waals surface area contributed by atoms with Gasteiger partial charge in [-0.15, -0.1) is 0 Å². The summed E-state index contributed by atoms with van der Waals surface area (Å²) in [4.78, 5) is 23.9. The first-order chi connectivity index (χ1) is 7.11. The van der Waals surface area contributed by atoms with Gasteiger partial charge in [0.05, 0.1) is 13.2 Å². The molecule has 0 aromatic rings. The van der Waals surface area contributed by atoms with Crippen molar-refractivity contribution in [2.75, 3.05) is 40.4 Å². The summed E-state index contributed by atoms with van der Waals surface area (Å²) < 4.78 is 9.23. The molecule has 2 rings (SSSR count). The van der Waals surface area contributed by atoms with Crippen molar-refractivity contribution >= 4 is 12.2 Å². The topological polar surface area (TPSA) is 59.1 Å². The van der Waals surface area contributed by atoms with Gasteiger partial charge >= 0.3 is 12.2 Å². The first-order valence-electron chi connectivity index (χ1n) is 4.87. The monoisotopic (exact) mass is 248 g/mol. The zero-order chi connectivity index (χ0) is 11.3. The van der Waals surface area contributed by atoms with Crippen LogP contribution in [0.3, 0.4) is 0 Å². The lowest BCUT2D eigenvalue weighted by atomic mass is 10.4. The predicted molar refractivity (Wildman–Crippen MR) is 66.0 cm³/mol. The van der Waals surface area contributed by atoms with Crippen LogP contribution in [-0.4, -0.2) is 62.4 Å². The molecule has 0 atom stereocenters. The Morgan fingerprint density at radius 3 is 1.59 bits per heavy atom. The van der Waals surface area contributed by atoms with Gasteiger partial charge in [0.1, 0.15) is 6.61 Å². The molecule has 17 heavy (non-hydrogen) atoms. The first-order valence-corrected chi connectivity index (χ1v) is 4.87. The molecule has 2 aliphatic rings. The molecule has 6 nitrogen and oxygen atoms in total. The molecule has 0 spiro atoms. The molecule has 0 N–H and O–H groups in total. The number of likely N-dealkylation sites (N-methyl/N-ethyl adjacent to an activating group) is 1. The first kappa shape index (κ1) is 17.9. The Hall–Kier alpha value is -1.46. The van der Waals surface area contributed by atoms with E-state index in [2.05, 4.69) is 9.47 Å². The van der Waals surface area contributed by atoms with Crippen LogP contribution in [0.5, 0.6) is 0 Å². The van der Waals surface area contributed by atoms with Crippen LogP contribution in [0.25, 0.3) is 0 Å². The van der Waals surface area contributed by atoms with Crippen molar-refractivity contribution in [3.63, 3.8) is 0 Å². The smallest absolute Gasteiger partial charge is 0.409 e. The number of rotatable bonds is 0. The highest BCUT2D eigenvalue weighted by molar-refractivity contribution is 5.68. The summed E-state index contributed by atoms with van der Waals surface area (Å²) in [7, 11) is 3.46. The van der Waals surface area contributed by atoms with Crippen molar-refractivity contribution in [1.29, 1.82) is 0 Å². The molecular weight excluding hydrogens is 224 g/mol. The Bertz CT molecular complexity index is 246.